The number of aromatic nitrogens is 2. The quantitative estimate of drug-likeness (QED) is 0.769. The van der Waals surface area contributed by atoms with Crippen LogP contribution in [0.25, 0.3) is 0 Å². The molecule has 0 aliphatic rings. The zero-order valence-corrected chi connectivity index (χ0v) is 10.2. The normalized spacial score (nSPS) is 10.4. The van der Waals surface area contributed by atoms with Gasteiger partial charge in [0.25, 0.3) is 5.56 Å². The van der Waals surface area contributed by atoms with Crippen LogP contribution in [0, 0.1) is 0 Å². The molecule has 0 aliphatic heterocycles. The monoisotopic (exact) mass is 241 g/mol. The van der Waals surface area contributed by atoms with E-state index in [9.17, 15) is 9.59 Å². The molecule has 5 nitrogen and oxygen atoms in total. The predicted octanol–water partition coefficient (Wildman–Crippen LogP) is 0.277. The van der Waals surface area contributed by atoms with Gasteiger partial charge in [-0.25, -0.2) is 4.79 Å². The van der Waals surface area contributed by atoms with Gasteiger partial charge >= 0.3 is 5.69 Å². The number of nitrogens with two attached hydrogens (primary N) is 1. The molecular weight excluding hydrogens is 226 g/mol. The Morgan fingerprint density at radius 1 is 1.44 bits per heavy atom. The van der Waals surface area contributed by atoms with Crippen molar-refractivity contribution in [2.45, 2.75) is 26.3 Å². The topological polar surface area (TPSA) is 70.0 Å². The third kappa shape index (κ3) is 2.06. The first kappa shape index (κ1) is 12.6. The minimum absolute atomic E-state index is 0.163. The van der Waals surface area contributed by atoms with Crippen LogP contribution in [0.2, 0.25) is 0 Å². The molecule has 0 unspecified atom stereocenters. The van der Waals surface area contributed by atoms with Gasteiger partial charge in [0.1, 0.15) is 5.82 Å². The number of nitrogen functional groups attached to an aromatic ring is 1. The molecule has 0 saturated heterocycles. The predicted molar refractivity (Wildman–Crippen MR) is 68.0 cm³/mol. The molecule has 0 saturated carbocycles. The Balaban J connectivity index is 3.49. The highest BCUT2D eigenvalue weighted by Crippen LogP contribution is 2.03. The van der Waals surface area contributed by atoms with E-state index in [4.69, 9.17) is 18.0 Å². The molecule has 0 bridgehead atoms. The molecule has 0 aliphatic carbocycles. The summed E-state index contributed by atoms with van der Waals surface area (Å²) in [6.07, 6.45) is 1.78. The number of thiocarbonyl (C=S) groups is 1. The number of rotatable bonds is 4. The first-order valence-electron chi connectivity index (χ1n) is 5.09. The van der Waals surface area contributed by atoms with Gasteiger partial charge in [-0.15, -0.1) is 0 Å². The minimum atomic E-state index is -0.440. The third-order valence-corrected chi connectivity index (χ3v) is 2.71. The van der Waals surface area contributed by atoms with Crippen LogP contribution in [0.5, 0.6) is 0 Å². The summed E-state index contributed by atoms with van der Waals surface area (Å²) in [4.78, 5) is 23.4. The molecule has 6 heteroatoms. The number of hydrogen-bond acceptors (Lipinski definition) is 4. The fraction of sp³-hybridized carbons (Fsp3) is 0.500. The summed E-state index contributed by atoms with van der Waals surface area (Å²) >= 11 is 4.73. The Morgan fingerprint density at radius 2 is 2.06 bits per heavy atom. The maximum atomic E-state index is 11.8. The van der Waals surface area contributed by atoms with Crippen molar-refractivity contribution in [2.24, 2.45) is 7.05 Å². The summed E-state index contributed by atoms with van der Waals surface area (Å²) in [5.41, 5.74) is 5.14. The molecule has 0 aromatic carbocycles. The Labute approximate surface area is 98.5 Å². The molecule has 1 aromatic heterocycles. The van der Waals surface area contributed by atoms with E-state index < -0.39 is 11.2 Å². The molecule has 0 spiro atoms. The molecule has 1 heterocycles. The van der Waals surface area contributed by atoms with Gasteiger partial charge in [-0.1, -0.05) is 25.6 Å². The van der Waals surface area contributed by atoms with Crippen LogP contribution in [0.4, 0.5) is 5.82 Å². The molecule has 88 valence electrons. The molecule has 16 heavy (non-hydrogen) atoms. The van der Waals surface area contributed by atoms with Crippen molar-refractivity contribution in [3.8, 4) is 0 Å². The molecule has 2 N–H and O–H groups in total. The number of anilines is 1. The van der Waals surface area contributed by atoms with Gasteiger partial charge in [-0.3, -0.25) is 13.9 Å². The van der Waals surface area contributed by atoms with E-state index in [0.29, 0.717) is 6.54 Å². The first-order valence-corrected chi connectivity index (χ1v) is 5.56. The van der Waals surface area contributed by atoms with Crippen molar-refractivity contribution < 1.29 is 0 Å². The molecular formula is C10H15N3O2S. The highest BCUT2D eigenvalue weighted by Gasteiger charge is 2.12. The number of unbranched alkanes of at least 4 members (excludes halogenated alkanes) is 1. The lowest BCUT2D eigenvalue weighted by Crippen LogP contribution is -2.41. The van der Waals surface area contributed by atoms with Crippen molar-refractivity contribution in [2.75, 3.05) is 5.73 Å². The van der Waals surface area contributed by atoms with Gasteiger partial charge in [0.2, 0.25) is 0 Å². The number of hydrogen-bond donors (Lipinski definition) is 1. The van der Waals surface area contributed by atoms with Gasteiger partial charge in [-0.2, -0.15) is 0 Å². The van der Waals surface area contributed by atoms with Crippen molar-refractivity contribution in [3.05, 3.63) is 26.4 Å². The zero-order chi connectivity index (χ0) is 12.3. The fourth-order valence-electron chi connectivity index (χ4n) is 1.45. The lowest BCUT2D eigenvalue weighted by atomic mass is 10.3. The van der Waals surface area contributed by atoms with Crippen LogP contribution >= 0.6 is 12.2 Å². The SMILES string of the molecule is CCCCn1c(N)c(C=S)c(=O)n(C)c1=O. The van der Waals surface area contributed by atoms with E-state index in [2.05, 4.69) is 0 Å². The van der Waals surface area contributed by atoms with E-state index in [-0.39, 0.29) is 11.4 Å². The second-order valence-corrected chi connectivity index (χ2v) is 3.80. The minimum Gasteiger partial charge on any atom is -0.384 e. The lowest BCUT2D eigenvalue weighted by molar-refractivity contribution is 0.574. The Bertz CT molecular complexity index is 516. The van der Waals surface area contributed by atoms with E-state index in [1.165, 1.54) is 17.0 Å². The van der Waals surface area contributed by atoms with Crippen molar-refractivity contribution in [3.63, 3.8) is 0 Å². The Hall–Kier alpha value is -1.43. The molecule has 0 amide bonds. The van der Waals surface area contributed by atoms with Crippen LogP contribution < -0.4 is 17.0 Å². The van der Waals surface area contributed by atoms with Gasteiger partial charge in [0.05, 0.1) is 5.56 Å². The Kier molecular flexibility index (Phi) is 4.00. The van der Waals surface area contributed by atoms with Gasteiger partial charge in [-0.05, 0) is 6.42 Å². The lowest BCUT2D eigenvalue weighted by Gasteiger charge is -2.12. The number of nitrogens with zero attached hydrogens (tertiary/aromatic N) is 2. The van der Waals surface area contributed by atoms with Crippen LogP contribution in [0.15, 0.2) is 9.59 Å². The second-order valence-electron chi connectivity index (χ2n) is 3.57. The smallest absolute Gasteiger partial charge is 0.332 e. The van der Waals surface area contributed by atoms with Crippen LogP contribution in [0.1, 0.15) is 25.3 Å². The average Bonchev–Trinajstić information content (AvgIpc) is 2.27. The highest BCUT2D eigenvalue weighted by molar-refractivity contribution is 7.79. The van der Waals surface area contributed by atoms with Gasteiger partial charge < -0.3 is 5.73 Å². The molecule has 0 fully saturated rings. The second kappa shape index (κ2) is 5.07. The average molecular weight is 241 g/mol. The van der Waals surface area contributed by atoms with E-state index in [1.807, 2.05) is 6.92 Å². The maximum absolute atomic E-state index is 11.8. The molecule has 0 radical (unpaired) electrons. The highest BCUT2D eigenvalue weighted by atomic mass is 32.1. The summed E-state index contributed by atoms with van der Waals surface area (Å²) in [6, 6.07) is 0. The molecule has 1 rings (SSSR count). The fourth-order valence-corrected chi connectivity index (χ4v) is 1.67. The van der Waals surface area contributed by atoms with E-state index >= 15 is 0 Å². The van der Waals surface area contributed by atoms with Crippen LogP contribution in [-0.2, 0) is 13.6 Å². The molecule has 0 atom stereocenters. The summed E-state index contributed by atoms with van der Waals surface area (Å²) in [6.45, 7) is 2.52. The Morgan fingerprint density at radius 3 is 2.56 bits per heavy atom. The van der Waals surface area contributed by atoms with Crippen LogP contribution in [-0.4, -0.2) is 14.5 Å². The van der Waals surface area contributed by atoms with Gasteiger partial charge in [0.15, 0.2) is 0 Å². The van der Waals surface area contributed by atoms with Crippen molar-refractivity contribution >= 4 is 23.4 Å². The third-order valence-electron chi connectivity index (χ3n) is 2.47. The summed E-state index contributed by atoms with van der Waals surface area (Å²) < 4.78 is 2.42. The van der Waals surface area contributed by atoms with Gasteiger partial charge in [0, 0.05) is 19.0 Å². The van der Waals surface area contributed by atoms with Crippen LogP contribution in [0.3, 0.4) is 0 Å². The summed E-state index contributed by atoms with van der Waals surface area (Å²) in [7, 11) is 1.43. The molecule has 1 aromatic rings. The standard InChI is InChI=1S/C10H15N3O2S/c1-3-4-5-13-8(11)7(6-16)9(14)12(2)10(13)15/h6H,3-5,11H2,1-2H3. The zero-order valence-electron chi connectivity index (χ0n) is 9.40. The maximum Gasteiger partial charge on any atom is 0.332 e. The summed E-state index contributed by atoms with van der Waals surface area (Å²) in [5.74, 6) is 0.163. The first-order chi connectivity index (χ1) is 7.54. The summed E-state index contributed by atoms with van der Waals surface area (Å²) in [5, 5.41) is 1.22. The largest absolute Gasteiger partial charge is 0.384 e. The van der Waals surface area contributed by atoms with E-state index in [0.717, 1.165) is 17.4 Å². The van der Waals surface area contributed by atoms with Crippen molar-refractivity contribution in [1.29, 1.82) is 0 Å². The van der Waals surface area contributed by atoms with Crippen molar-refractivity contribution in [1.82, 2.24) is 9.13 Å². The van der Waals surface area contributed by atoms with E-state index in [1.54, 1.807) is 0 Å².